The number of rotatable bonds is 3. The van der Waals surface area contributed by atoms with Crippen LogP contribution in [-0.2, 0) is 7.05 Å². The molecule has 0 aliphatic heterocycles. The molecule has 4 heteroatoms. The highest BCUT2D eigenvalue weighted by molar-refractivity contribution is 5.28. The highest BCUT2D eigenvalue weighted by Gasteiger charge is 2.12. The van der Waals surface area contributed by atoms with Gasteiger partial charge in [0, 0.05) is 47.5 Å². The molecule has 0 saturated carbocycles. The van der Waals surface area contributed by atoms with Crippen LogP contribution < -0.4 is 9.30 Å². The topological polar surface area (TPSA) is 43.7 Å². The van der Waals surface area contributed by atoms with Gasteiger partial charge in [-0.15, -0.1) is 0 Å². The summed E-state index contributed by atoms with van der Waals surface area (Å²) in [5.41, 5.74) is 8.57. The molecule has 180 valence electrons. The van der Waals surface area contributed by atoms with Crippen molar-refractivity contribution in [3.05, 3.63) is 93.5 Å². The minimum Gasteiger partial charge on any atom is -0.618 e. The number of hydrogen-bond donors (Lipinski definition) is 0. The Morgan fingerprint density at radius 2 is 1.42 bits per heavy atom. The Balaban J connectivity index is 0.000000247. The molecule has 0 aliphatic carbocycles. The molecular formula is C29H44N3O+. The molecule has 0 saturated heterocycles. The van der Waals surface area contributed by atoms with Crippen LogP contribution in [0, 0.1) is 32.9 Å². The van der Waals surface area contributed by atoms with Crippen molar-refractivity contribution in [1.29, 1.82) is 0 Å². The summed E-state index contributed by atoms with van der Waals surface area (Å²) in [5.74, 6) is 1.45. The molecule has 0 spiro atoms. The van der Waals surface area contributed by atoms with Gasteiger partial charge in [-0.3, -0.25) is 4.98 Å². The van der Waals surface area contributed by atoms with Crippen molar-refractivity contribution in [3.8, 4) is 0 Å². The second-order valence-corrected chi connectivity index (χ2v) is 9.74. The zero-order valence-electron chi connectivity index (χ0n) is 22.6. The number of aryl methyl sites for hydroxylation is 4. The van der Waals surface area contributed by atoms with E-state index in [1.807, 2.05) is 33.0 Å². The fourth-order valence-electron chi connectivity index (χ4n) is 3.82. The summed E-state index contributed by atoms with van der Waals surface area (Å²) >= 11 is 0. The first-order chi connectivity index (χ1) is 15.4. The van der Waals surface area contributed by atoms with Crippen molar-refractivity contribution in [2.24, 2.45) is 7.05 Å². The van der Waals surface area contributed by atoms with Crippen LogP contribution in [0.2, 0.25) is 0 Å². The summed E-state index contributed by atoms with van der Waals surface area (Å²) < 4.78 is 3.12. The summed E-state index contributed by atoms with van der Waals surface area (Å²) in [6.07, 6.45) is 5.55. The molecular weight excluding hydrogens is 406 g/mol. The molecule has 0 aliphatic rings. The van der Waals surface area contributed by atoms with E-state index < -0.39 is 0 Å². The third-order valence-electron chi connectivity index (χ3n) is 5.75. The van der Waals surface area contributed by atoms with E-state index in [0.29, 0.717) is 17.8 Å². The van der Waals surface area contributed by atoms with Gasteiger partial charge in [0.1, 0.15) is 7.05 Å². The lowest BCUT2D eigenvalue weighted by atomic mass is 10.0. The van der Waals surface area contributed by atoms with E-state index in [4.69, 9.17) is 0 Å². The van der Waals surface area contributed by atoms with Crippen LogP contribution in [0.4, 0.5) is 0 Å². The van der Waals surface area contributed by atoms with Gasteiger partial charge in [-0.05, 0) is 62.4 Å². The summed E-state index contributed by atoms with van der Waals surface area (Å²) in [7, 11) is 2.09. The lowest BCUT2D eigenvalue weighted by Gasteiger charge is -2.09. The molecule has 3 aromatic rings. The summed E-state index contributed by atoms with van der Waals surface area (Å²) in [4.78, 5) is 4.34. The number of pyridine rings is 3. The van der Waals surface area contributed by atoms with Gasteiger partial charge in [-0.1, -0.05) is 41.5 Å². The van der Waals surface area contributed by atoms with Crippen molar-refractivity contribution in [1.82, 2.24) is 4.98 Å². The molecule has 0 N–H and O–H groups in total. The largest absolute Gasteiger partial charge is 0.618 e. The van der Waals surface area contributed by atoms with Crippen LogP contribution in [0.1, 0.15) is 98.6 Å². The van der Waals surface area contributed by atoms with Crippen LogP contribution in [0.3, 0.4) is 0 Å². The third-order valence-corrected chi connectivity index (χ3v) is 5.75. The van der Waals surface area contributed by atoms with Gasteiger partial charge in [-0.2, -0.15) is 4.73 Å². The first kappa shape index (κ1) is 28.3. The predicted molar refractivity (Wildman–Crippen MR) is 138 cm³/mol. The Morgan fingerprint density at radius 1 is 0.788 bits per heavy atom. The predicted octanol–water partition coefficient (Wildman–Crippen LogP) is 6.52. The van der Waals surface area contributed by atoms with Crippen molar-refractivity contribution in [2.75, 3.05) is 0 Å². The van der Waals surface area contributed by atoms with E-state index in [1.165, 1.54) is 28.1 Å². The van der Waals surface area contributed by atoms with Crippen LogP contribution in [0.15, 0.2) is 48.9 Å². The summed E-state index contributed by atoms with van der Waals surface area (Å²) in [6.45, 7) is 21.2. The third kappa shape index (κ3) is 8.60. The maximum atomic E-state index is 11.2. The average molecular weight is 451 g/mol. The zero-order valence-corrected chi connectivity index (χ0v) is 22.6. The fourth-order valence-corrected chi connectivity index (χ4v) is 3.82. The van der Waals surface area contributed by atoms with Gasteiger partial charge in [0.05, 0.1) is 0 Å². The lowest BCUT2D eigenvalue weighted by Crippen LogP contribution is -2.33. The number of nitrogens with zero attached hydrogens (tertiary/aromatic N) is 3. The molecule has 0 aromatic carbocycles. The number of aromatic nitrogens is 3. The van der Waals surface area contributed by atoms with Crippen molar-refractivity contribution >= 4 is 0 Å². The van der Waals surface area contributed by atoms with E-state index in [2.05, 4.69) is 89.5 Å². The molecule has 3 aromatic heterocycles. The second kappa shape index (κ2) is 13.1. The van der Waals surface area contributed by atoms with Gasteiger partial charge in [0.25, 0.3) is 0 Å². The molecule has 3 rings (SSSR count). The van der Waals surface area contributed by atoms with E-state index in [-0.39, 0.29) is 0 Å². The maximum Gasteiger partial charge on any atom is 0.198 e. The standard InChI is InChI=1S/C10H16N.C10H15N.C9H13NO/c1-8(2)10-7-9(3)5-6-11(10)4;1-7(2)10-9(4)8(3)5-6-11-10;1-7(2)9-8(3)5-4-6-10(9)11/h5-8H,1-4H3;5-7H,1-4H3;4-7H,1-3H3/q+1;;. The SMILES string of the molecule is Cc1cc[n+](C)c(C(C)C)c1.Cc1ccc[n+]([O-])c1C(C)C.Cc1ccnc(C(C)C)c1C. The summed E-state index contributed by atoms with van der Waals surface area (Å²) in [5, 5.41) is 11.2. The van der Waals surface area contributed by atoms with Gasteiger partial charge in [-0.25, -0.2) is 4.57 Å². The molecule has 4 nitrogen and oxygen atoms in total. The van der Waals surface area contributed by atoms with Gasteiger partial charge in [0.15, 0.2) is 23.8 Å². The Bertz CT molecular complexity index is 997. The first-order valence-electron chi connectivity index (χ1n) is 11.9. The van der Waals surface area contributed by atoms with Gasteiger partial charge in [0.2, 0.25) is 0 Å². The smallest absolute Gasteiger partial charge is 0.198 e. The molecule has 0 radical (unpaired) electrons. The quantitative estimate of drug-likeness (QED) is 0.337. The molecule has 0 bridgehead atoms. The van der Waals surface area contributed by atoms with Crippen molar-refractivity contribution in [3.63, 3.8) is 0 Å². The average Bonchev–Trinajstić information content (AvgIpc) is 2.72. The monoisotopic (exact) mass is 450 g/mol. The fraction of sp³-hybridized carbons (Fsp3) is 0.483. The lowest BCUT2D eigenvalue weighted by molar-refractivity contribution is -0.680. The Hall–Kier alpha value is -2.75. The van der Waals surface area contributed by atoms with Crippen LogP contribution >= 0.6 is 0 Å². The van der Waals surface area contributed by atoms with Gasteiger partial charge >= 0.3 is 0 Å². The molecule has 0 unspecified atom stereocenters. The van der Waals surface area contributed by atoms with E-state index in [1.54, 1.807) is 12.3 Å². The number of hydrogen-bond acceptors (Lipinski definition) is 2. The minimum atomic E-state index is 0.300. The normalized spacial score (nSPS) is 10.6. The minimum absolute atomic E-state index is 0.300. The molecule has 0 atom stereocenters. The molecule has 3 heterocycles. The maximum absolute atomic E-state index is 11.2. The van der Waals surface area contributed by atoms with Crippen LogP contribution in [-0.4, -0.2) is 4.98 Å². The Kier molecular flexibility index (Phi) is 11.2. The zero-order chi connectivity index (χ0) is 25.3. The van der Waals surface area contributed by atoms with E-state index in [9.17, 15) is 5.21 Å². The van der Waals surface area contributed by atoms with Crippen LogP contribution in [0.5, 0.6) is 0 Å². The Morgan fingerprint density at radius 3 is 1.85 bits per heavy atom. The second-order valence-electron chi connectivity index (χ2n) is 9.74. The Labute approximate surface area is 201 Å². The van der Waals surface area contributed by atoms with Crippen molar-refractivity contribution < 1.29 is 9.30 Å². The molecule has 0 amide bonds. The summed E-state index contributed by atoms with van der Waals surface area (Å²) in [6, 6.07) is 10.2. The van der Waals surface area contributed by atoms with Gasteiger partial charge < -0.3 is 5.21 Å². The first-order valence-corrected chi connectivity index (χ1v) is 11.9. The van der Waals surface area contributed by atoms with Crippen LogP contribution in [0.25, 0.3) is 0 Å². The van der Waals surface area contributed by atoms with E-state index in [0.717, 1.165) is 16.0 Å². The van der Waals surface area contributed by atoms with Crippen molar-refractivity contribution in [2.45, 2.75) is 87.0 Å². The molecule has 33 heavy (non-hydrogen) atoms. The highest BCUT2D eigenvalue weighted by atomic mass is 16.5. The van der Waals surface area contributed by atoms with E-state index >= 15 is 0 Å². The highest BCUT2D eigenvalue weighted by Crippen LogP contribution is 2.18. The molecule has 0 fully saturated rings.